The van der Waals surface area contributed by atoms with E-state index in [1.807, 2.05) is 0 Å². The van der Waals surface area contributed by atoms with Crippen molar-refractivity contribution in [3.8, 4) is 0 Å². The number of ether oxygens (including phenoxy) is 1. The van der Waals surface area contributed by atoms with Crippen LogP contribution in [0.15, 0.2) is 10.5 Å². The summed E-state index contributed by atoms with van der Waals surface area (Å²) in [6.45, 7) is 5.02. The number of thiophene rings is 1. The summed E-state index contributed by atoms with van der Waals surface area (Å²) in [5.74, 6) is 0.467. The van der Waals surface area contributed by atoms with Crippen LogP contribution in [0.5, 0.6) is 0 Å². The van der Waals surface area contributed by atoms with Gasteiger partial charge in [-0.2, -0.15) is 0 Å². The molecule has 0 aliphatic carbocycles. The maximum Gasteiger partial charge on any atom is 0.0551 e. The van der Waals surface area contributed by atoms with E-state index in [9.17, 15) is 0 Å². The van der Waals surface area contributed by atoms with Crippen molar-refractivity contribution in [1.29, 1.82) is 0 Å². The fourth-order valence-corrected chi connectivity index (χ4v) is 4.05. The zero-order valence-corrected chi connectivity index (χ0v) is 11.4. The zero-order valence-electron chi connectivity index (χ0n) is 9.00. The van der Waals surface area contributed by atoms with E-state index in [2.05, 4.69) is 35.8 Å². The zero-order chi connectivity index (χ0) is 11.0. The van der Waals surface area contributed by atoms with Crippen LogP contribution in [0.4, 0.5) is 0 Å². The molecule has 1 fully saturated rings. The molecule has 3 unspecified atom stereocenters. The van der Waals surface area contributed by atoms with E-state index in [1.54, 1.807) is 11.3 Å². The van der Waals surface area contributed by atoms with Crippen LogP contribution in [0.25, 0.3) is 0 Å². The van der Waals surface area contributed by atoms with Gasteiger partial charge < -0.3 is 10.5 Å². The van der Waals surface area contributed by atoms with Gasteiger partial charge >= 0.3 is 0 Å². The smallest absolute Gasteiger partial charge is 0.0551 e. The molecule has 3 atom stereocenters. The molecule has 0 spiro atoms. The second kappa shape index (κ2) is 4.53. The highest BCUT2D eigenvalue weighted by molar-refractivity contribution is 9.10. The number of hydrogen-bond acceptors (Lipinski definition) is 3. The first kappa shape index (κ1) is 11.6. The second-order valence-electron chi connectivity index (χ2n) is 4.23. The van der Waals surface area contributed by atoms with Gasteiger partial charge in [-0.1, -0.05) is 0 Å². The van der Waals surface area contributed by atoms with Gasteiger partial charge in [0.05, 0.1) is 12.7 Å². The number of hydrogen-bond donors (Lipinski definition) is 1. The predicted molar refractivity (Wildman–Crippen MR) is 67.2 cm³/mol. The van der Waals surface area contributed by atoms with Gasteiger partial charge in [0.2, 0.25) is 0 Å². The molecule has 0 bridgehead atoms. The Balaban J connectivity index is 2.13. The number of halogens is 1. The van der Waals surface area contributed by atoms with Crippen LogP contribution < -0.4 is 5.73 Å². The summed E-state index contributed by atoms with van der Waals surface area (Å²) in [5.41, 5.74) is 6.28. The largest absolute Gasteiger partial charge is 0.378 e. The van der Waals surface area contributed by atoms with Gasteiger partial charge in [-0.15, -0.1) is 11.3 Å². The summed E-state index contributed by atoms with van der Waals surface area (Å²) in [6.07, 6.45) is 1.44. The quantitative estimate of drug-likeness (QED) is 0.907. The lowest BCUT2D eigenvalue weighted by atomic mass is 9.96. The van der Waals surface area contributed by atoms with Crippen molar-refractivity contribution >= 4 is 27.3 Å². The number of rotatable bonds is 2. The molecule has 15 heavy (non-hydrogen) atoms. The van der Waals surface area contributed by atoms with E-state index >= 15 is 0 Å². The summed E-state index contributed by atoms with van der Waals surface area (Å²) < 4.78 is 6.71. The monoisotopic (exact) mass is 289 g/mol. The lowest BCUT2D eigenvalue weighted by molar-refractivity contribution is 0.118. The SMILES string of the molecule is Cc1cc(Br)c(C(N)C2COC(C)C2)s1. The third-order valence-corrected chi connectivity index (χ3v) is 4.95. The maximum atomic E-state index is 6.28. The van der Waals surface area contributed by atoms with Gasteiger partial charge in [-0.25, -0.2) is 0 Å². The van der Waals surface area contributed by atoms with Gasteiger partial charge in [0.1, 0.15) is 0 Å². The maximum absolute atomic E-state index is 6.28. The van der Waals surface area contributed by atoms with E-state index in [-0.39, 0.29) is 6.04 Å². The molecule has 0 saturated carbocycles. The molecule has 1 aromatic heterocycles. The van der Waals surface area contributed by atoms with Crippen LogP contribution in [0.2, 0.25) is 0 Å². The van der Waals surface area contributed by atoms with Gasteiger partial charge in [0, 0.05) is 26.2 Å². The molecule has 1 aliphatic heterocycles. The fraction of sp³-hybridized carbons (Fsp3) is 0.636. The van der Waals surface area contributed by atoms with Crippen molar-refractivity contribution < 1.29 is 4.74 Å². The Morgan fingerprint density at radius 1 is 1.67 bits per heavy atom. The Bertz CT molecular complexity index is 352. The van der Waals surface area contributed by atoms with Crippen LogP contribution in [-0.4, -0.2) is 12.7 Å². The number of aryl methyl sites for hydroxylation is 1. The van der Waals surface area contributed by atoms with E-state index in [0.29, 0.717) is 12.0 Å². The molecular formula is C11H16BrNOS. The Morgan fingerprint density at radius 3 is 2.87 bits per heavy atom. The van der Waals surface area contributed by atoms with Gasteiger partial charge in [-0.05, 0) is 42.3 Å². The highest BCUT2D eigenvalue weighted by atomic mass is 79.9. The predicted octanol–water partition coefficient (Wildman–Crippen LogP) is 3.24. The van der Waals surface area contributed by atoms with Crippen LogP contribution in [-0.2, 0) is 4.74 Å². The van der Waals surface area contributed by atoms with Crippen molar-refractivity contribution in [2.24, 2.45) is 11.7 Å². The molecule has 1 aliphatic rings. The Labute approximate surface area is 103 Å². The van der Waals surface area contributed by atoms with Crippen LogP contribution in [0, 0.1) is 12.8 Å². The third-order valence-electron chi connectivity index (χ3n) is 2.88. The molecule has 2 nitrogen and oxygen atoms in total. The molecule has 84 valence electrons. The standard InChI is InChI=1S/C11H16BrNOS/c1-6-3-8(5-14-6)10(13)11-9(12)4-7(2)15-11/h4,6,8,10H,3,5,13H2,1-2H3. The minimum absolute atomic E-state index is 0.114. The topological polar surface area (TPSA) is 35.2 Å². The Hall–Kier alpha value is 0.1000. The lowest BCUT2D eigenvalue weighted by Gasteiger charge is -2.16. The molecule has 2 rings (SSSR count). The fourth-order valence-electron chi connectivity index (χ4n) is 2.04. The van der Waals surface area contributed by atoms with Crippen molar-refractivity contribution in [3.05, 3.63) is 20.3 Å². The molecule has 0 amide bonds. The van der Waals surface area contributed by atoms with Crippen molar-refractivity contribution in [3.63, 3.8) is 0 Å². The lowest BCUT2D eigenvalue weighted by Crippen LogP contribution is -2.21. The summed E-state index contributed by atoms with van der Waals surface area (Å²) in [5, 5.41) is 0. The molecule has 0 radical (unpaired) electrons. The summed E-state index contributed by atoms with van der Waals surface area (Å²) in [4.78, 5) is 2.56. The summed E-state index contributed by atoms with van der Waals surface area (Å²) >= 11 is 5.35. The van der Waals surface area contributed by atoms with Gasteiger partial charge in [0.15, 0.2) is 0 Å². The third kappa shape index (κ3) is 2.44. The first-order valence-electron chi connectivity index (χ1n) is 5.21. The second-order valence-corrected chi connectivity index (χ2v) is 6.38. The van der Waals surface area contributed by atoms with E-state index in [4.69, 9.17) is 10.5 Å². The minimum atomic E-state index is 0.114. The molecule has 2 N–H and O–H groups in total. The molecule has 4 heteroatoms. The van der Waals surface area contributed by atoms with Crippen molar-refractivity contribution in [1.82, 2.24) is 0 Å². The summed E-state index contributed by atoms with van der Waals surface area (Å²) in [7, 11) is 0. The first-order chi connectivity index (χ1) is 7.08. The Morgan fingerprint density at radius 2 is 2.40 bits per heavy atom. The van der Waals surface area contributed by atoms with Crippen LogP contribution in [0.1, 0.15) is 29.1 Å². The first-order valence-corrected chi connectivity index (χ1v) is 6.82. The van der Waals surface area contributed by atoms with E-state index < -0.39 is 0 Å². The number of nitrogens with two attached hydrogens (primary N) is 1. The summed E-state index contributed by atoms with van der Waals surface area (Å²) in [6, 6.07) is 2.25. The highest BCUT2D eigenvalue weighted by Crippen LogP contribution is 2.37. The van der Waals surface area contributed by atoms with Crippen LogP contribution >= 0.6 is 27.3 Å². The highest BCUT2D eigenvalue weighted by Gasteiger charge is 2.30. The van der Waals surface area contributed by atoms with Gasteiger partial charge in [0.25, 0.3) is 0 Å². The molecule has 1 saturated heterocycles. The van der Waals surface area contributed by atoms with Crippen molar-refractivity contribution in [2.45, 2.75) is 32.4 Å². The molecule has 1 aromatic rings. The van der Waals surface area contributed by atoms with Crippen molar-refractivity contribution in [2.75, 3.05) is 6.61 Å². The van der Waals surface area contributed by atoms with Crippen LogP contribution in [0.3, 0.4) is 0 Å². The molecular weight excluding hydrogens is 274 g/mol. The average Bonchev–Trinajstić information content (AvgIpc) is 2.71. The van der Waals surface area contributed by atoms with E-state index in [0.717, 1.165) is 17.5 Å². The average molecular weight is 290 g/mol. The minimum Gasteiger partial charge on any atom is -0.378 e. The molecule has 2 heterocycles. The van der Waals surface area contributed by atoms with Gasteiger partial charge in [-0.3, -0.25) is 0 Å². The van der Waals surface area contributed by atoms with E-state index in [1.165, 1.54) is 9.75 Å². The Kier molecular flexibility index (Phi) is 3.50. The normalized spacial score (nSPS) is 28.3. The molecule has 0 aromatic carbocycles.